The summed E-state index contributed by atoms with van der Waals surface area (Å²) in [6.07, 6.45) is 6.00. The molecule has 0 amide bonds. The summed E-state index contributed by atoms with van der Waals surface area (Å²) < 4.78 is 26.7. The molecule has 1 unspecified atom stereocenters. The molecule has 4 aromatic rings. The van der Waals surface area contributed by atoms with Crippen LogP contribution in [0.2, 0.25) is 0 Å². The van der Waals surface area contributed by atoms with E-state index in [4.69, 9.17) is 0 Å². The summed E-state index contributed by atoms with van der Waals surface area (Å²) in [4.78, 5) is 4.68. The number of nitrogens with zero attached hydrogens (tertiary/aromatic N) is 5. The monoisotopic (exact) mass is 495 g/mol. The summed E-state index contributed by atoms with van der Waals surface area (Å²) in [7, 11) is -2.89. The van der Waals surface area contributed by atoms with Crippen molar-refractivity contribution in [3.05, 3.63) is 60.6 Å². The van der Waals surface area contributed by atoms with Crippen LogP contribution in [0.25, 0.3) is 16.8 Å². The molecule has 0 bridgehead atoms. The average Bonchev–Trinajstić information content (AvgIpc) is 3.49. The molecule has 0 spiro atoms. The van der Waals surface area contributed by atoms with E-state index in [1.54, 1.807) is 35.4 Å². The van der Waals surface area contributed by atoms with E-state index in [2.05, 4.69) is 25.8 Å². The van der Waals surface area contributed by atoms with E-state index in [0.717, 1.165) is 28.0 Å². The molecular weight excluding hydrogens is 466 g/mol. The van der Waals surface area contributed by atoms with Crippen LogP contribution in [-0.2, 0) is 22.9 Å². The van der Waals surface area contributed by atoms with Crippen LogP contribution in [0.1, 0.15) is 25.8 Å². The Labute approximate surface area is 203 Å². The third-order valence-corrected chi connectivity index (χ3v) is 7.66. The van der Waals surface area contributed by atoms with Gasteiger partial charge in [0.15, 0.2) is 15.5 Å². The number of hydrogen-bond acceptors (Lipinski definition) is 8. The molecule has 1 fully saturated rings. The lowest BCUT2D eigenvalue weighted by Gasteiger charge is -2.16. The number of aromatic nitrogens is 5. The van der Waals surface area contributed by atoms with Crippen molar-refractivity contribution in [3.8, 4) is 11.1 Å². The lowest BCUT2D eigenvalue weighted by Crippen LogP contribution is -2.29. The molecule has 0 radical (unpaired) electrons. The van der Waals surface area contributed by atoms with Crippen molar-refractivity contribution < 1.29 is 13.5 Å². The van der Waals surface area contributed by atoms with Gasteiger partial charge in [-0.25, -0.2) is 12.9 Å². The van der Waals surface area contributed by atoms with Gasteiger partial charge in [0.1, 0.15) is 0 Å². The predicted octanol–water partition coefficient (Wildman–Crippen LogP) is 2.38. The van der Waals surface area contributed by atoms with Crippen molar-refractivity contribution in [2.45, 2.75) is 45.0 Å². The van der Waals surface area contributed by atoms with Crippen molar-refractivity contribution in [1.82, 2.24) is 29.7 Å². The topological polar surface area (TPSA) is 126 Å². The van der Waals surface area contributed by atoms with Gasteiger partial charge in [0, 0.05) is 30.5 Å². The number of anilines is 2. The van der Waals surface area contributed by atoms with E-state index < -0.39 is 15.4 Å². The van der Waals surface area contributed by atoms with Crippen LogP contribution in [0.4, 0.5) is 11.6 Å². The molecule has 0 saturated carbocycles. The van der Waals surface area contributed by atoms with E-state index >= 15 is 0 Å². The zero-order chi connectivity index (χ0) is 24.6. The molecule has 1 aliphatic heterocycles. The summed E-state index contributed by atoms with van der Waals surface area (Å²) in [6.45, 7) is 4.48. The van der Waals surface area contributed by atoms with E-state index in [9.17, 15) is 13.5 Å². The maximum Gasteiger partial charge on any atom is 0.247 e. The third kappa shape index (κ3) is 5.69. The van der Waals surface area contributed by atoms with Crippen LogP contribution >= 0.6 is 0 Å². The minimum atomic E-state index is -2.89. The first-order valence-corrected chi connectivity index (χ1v) is 13.4. The maximum absolute atomic E-state index is 11.6. The first-order chi connectivity index (χ1) is 16.6. The van der Waals surface area contributed by atoms with Gasteiger partial charge < -0.3 is 15.7 Å². The van der Waals surface area contributed by atoms with Gasteiger partial charge in [0.05, 0.1) is 35.5 Å². The van der Waals surface area contributed by atoms with Crippen LogP contribution in [0, 0.1) is 0 Å². The predicted molar refractivity (Wildman–Crippen MR) is 134 cm³/mol. The first-order valence-electron chi connectivity index (χ1n) is 11.5. The largest absolute Gasteiger partial charge is 0.389 e. The van der Waals surface area contributed by atoms with E-state index in [1.807, 2.05) is 42.6 Å². The standard InChI is InChI=1S/C24H29N7O3S/c1-24(2,32)16-30-14-20(13-26-30)27-23-28-22-21(4-3-10-31(22)29-23)18-7-5-17(6-8-18)12-25-19-9-11-35(33,34)15-19/h3-8,10,13-14,19,25,32H,9,11-12,15-16H2,1-2H3,(H,27,29). The Hall–Kier alpha value is -3.28. The van der Waals surface area contributed by atoms with E-state index in [1.165, 1.54) is 0 Å². The molecule has 4 heterocycles. The lowest BCUT2D eigenvalue weighted by molar-refractivity contribution is 0.0578. The minimum Gasteiger partial charge on any atom is -0.389 e. The Bertz CT molecular complexity index is 1440. The van der Waals surface area contributed by atoms with Gasteiger partial charge in [-0.15, -0.1) is 5.10 Å². The minimum absolute atomic E-state index is 0.0255. The fourth-order valence-corrected chi connectivity index (χ4v) is 5.95. The van der Waals surface area contributed by atoms with Gasteiger partial charge in [0.2, 0.25) is 5.95 Å². The second kappa shape index (κ2) is 9.06. The number of aliphatic hydroxyl groups is 1. The lowest BCUT2D eigenvalue weighted by atomic mass is 10.0. The molecule has 3 aromatic heterocycles. The van der Waals surface area contributed by atoms with Gasteiger partial charge in [0.25, 0.3) is 0 Å². The normalized spacial score (nSPS) is 17.7. The maximum atomic E-state index is 11.6. The molecular formula is C24H29N7O3S. The van der Waals surface area contributed by atoms with Gasteiger partial charge in [-0.3, -0.25) is 4.68 Å². The highest BCUT2D eigenvalue weighted by Crippen LogP contribution is 2.25. The van der Waals surface area contributed by atoms with Gasteiger partial charge in [-0.2, -0.15) is 10.1 Å². The summed E-state index contributed by atoms with van der Waals surface area (Å²) in [5, 5.41) is 25.3. The second-order valence-electron chi connectivity index (χ2n) is 9.67. The van der Waals surface area contributed by atoms with Crippen molar-refractivity contribution in [3.63, 3.8) is 0 Å². The third-order valence-electron chi connectivity index (χ3n) is 5.89. The van der Waals surface area contributed by atoms with Crippen molar-refractivity contribution >= 4 is 27.1 Å². The molecule has 11 heteroatoms. The SMILES string of the molecule is CC(C)(O)Cn1cc(Nc2nc3c(-c4ccc(CNC5CCS(=O)(=O)C5)cc4)cccn3n2)cn1. The van der Waals surface area contributed by atoms with Crippen LogP contribution in [0.3, 0.4) is 0 Å². The van der Waals surface area contributed by atoms with Crippen LogP contribution in [0.5, 0.6) is 0 Å². The van der Waals surface area contributed by atoms with Crippen LogP contribution in [-0.4, -0.2) is 61.1 Å². The van der Waals surface area contributed by atoms with Gasteiger partial charge in [-0.05, 0) is 43.5 Å². The van der Waals surface area contributed by atoms with Gasteiger partial charge in [-0.1, -0.05) is 24.3 Å². The quantitative estimate of drug-likeness (QED) is 0.340. The zero-order valence-corrected chi connectivity index (χ0v) is 20.5. The smallest absolute Gasteiger partial charge is 0.247 e. The molecule has 1 aromatic carbocycles. The number of fused-ring (bicyclic) bond motifs is 1. The number of pyridine rings is 1. The Morgan fingerprint density at radius 3 is 2.71 bits per heavy atom. The zero-order valence-electron chi connectivity index (χ0n) is 19.7. The second-order valence-corrected chi connectivity index (χ2v) is 11.9. The number of sulfone groups is 1. The van der Waals surface area contributed by atoms with E-state index in [-0.39, 0.29) is 17.5 Å². The molecule has 1 atom stereocenters. The number of benzene rings is 1. The van der Waals surface area contributed by atoms with Crippen molar-refractivity contribution in [2.24, 2.45) is 0 Å². The molecule has 1 saturated heterocycles. The number of nitrogens with one attached hydrogen (secondary N) is 2. The Morgan fingerprint density at radius 2 is 2.00 bits per heavy atom. The number of hydrogen-bond donors (Lipinski definition) is 3. The molecule has 1 aliphatic rings. The molecule has 35 heavy (non-hydrogen) atoms. The summed E-state index contributed by atoms with van der Waals surface area (Å²) in [5.74, 6) is 0.940. The first kappa shape index (κ1) is 23.5. The summed E-state index contributed by atoms with van der Waals surface area (Å²) in [5.41, 5.74) is 3.66. The number of rotatable bonds is 8. The molecule has 3 N–H and O–H groups in total. The van der Waals surface area contributed by atoms with Crippen LogP contribution < -0.4 is 10.6 Å². The molecule has 0 aliphatic carbocycles. The van der Waals surface area contributed by atoms with Crippen LogP contribution in [0.15, 0.2) is 55.0 Å². The molecule has 184 valence electrons. The highest BCUT2D eigenvalue weighted by atomic mass is 32.2. The summed E-state index contributed by atoms with van der Waals surface area (Å²) >= 11 is 0. The molecule has 10 nitrogen and oxygen atoms in total. The Morgan fingerprint density at radius 1 is 1.20 bits per heavy atom. The van der Waals surface area contributed by atoms with Crippen molar-refractivity contribution in [1.29, 1.82) is 0 Å². The fraction of sp³-hybridized carbons (Fsp3) is 0.375. The molecule has 5 rings (SSSR count). The Kier molecular flexibility index (Phi) is 6.07. The van der Waals surface area contributed by atoms with E-state index in [0.29, 0.717) is 25.5 Å². The van der Waals surface area contributed by atoms with Crippen molar-refractivity contribution in [2.75, 3.05) is 16.8 Å². The highest BCUT2D eigenvalue weighted by Gasteiger charge is 2.27. The Balaban J connectivity index is 1.29. The fourth-order valence-electron chi connectivity index (χ4n) is 4.24. The summed E-state index contributed by atoms with van der Waals surface area (Å²) in [6, 6.07) is 12.1. The van der Waals surface area contributed by atoms with Gasteiger partial charge >= 0.3 is 0 Å². The highest BCUT2D eigenvalue weighted by molar-refractivity contribution is 7.91. The average molecular weight is 496 g/mol.